The van der Waals surface area contributed by atoms with Gasteiger partial charge in [-0.15, -0.1) is 0 Å². The molecule has 12 nitrogen and oxygen atoms in total. The maximum atomic E-state index is 14.0. The third-order valence-corrected chi connectivity index (χ3v) is 11.3. The zero-order chi connectivity index (χ0) is 42.6. The van der Waals surface area contributed by atoms with E-state index in [0.717, 1.165) is 6.92 Å². The highest BCUT2D eigenvalue weighted by molar-refractivity contribution is 9.10. The van der Waals surface area contributed by atoms with Crippen LogP contribution in [0.5, 0.6) is 0 Å². The van der Waals surface area contributed by atoms with Crippen molar-refractivity contribution in [2.45, 2.75) is 96.6 Å². The number of rotatable bonds is 8. The standard InChI is InChI=1S/C45H49BrO12/c1-26-24-34-37(56-40(50)31-16-12-9-13-17-31)27(2)38(57-41(51)32-18-20-33(46)21-19-32)45(34,58-29(4)48)42(52)44(7,53)23-22-43(5,6)36(54-28(3)47)25-35(26)55-39(49)30-14-10-8-11-15-30/h8-24,27,34-38,42,52-53H,25H2,1-7H3/b23-22+,26-24+/t27-,34+,35-,36-,37+,38+,42-,44-,45+/m1/s1. The number of hydrogen-bond acceptors (Lipinski definition) is 12. The van der Waals surface area contributed by atoms with Crippen molar-refractivity contribution in [3.63, 3.8) is 0 Å². The average molecular weight is 862 g/mol. The number of aliphatic hydroxyl groups excluding tert-OH is 1. The molecule has 5 rings (SSSR count). The van der Waals surface area contributed by atoms with Crippen molar-refractivity contribution < 1.29 is 57.9 Å². The van der Waals surface area contributed by atoms with Gasteiger partial charge in [-0.1, -0.05) is 91.3 Å². The normalized spacial score (nSPS) is 30.7. The van der Waals surface area contributed by atoms with Crippen molar-refractivity contribution in [2.75, 3.05) is 0 Å². The summed E-state index contributed by atoms with van der Waals surface area (Å²) in [4.78, 5) is 67.4. The zero-order valence-corrected chi connectivity index (χ0v) is 35.0. The van der Waals surface area contributed by atoms with E-state index in [4.69, 9.17) is 23.7 Å². The Bertz CT molecular complexity index is 2040. The molecule has 0 amide bonds. The number of benzene rings is 3. The van der Waals surface area contributed by atoms with Crippen molar-refractivity contribution in [1.82, 2.24) is 0 Å². The smallest absolute Gasteiger partial charge is 0.338 e. The molecule has 1 saturated carbocycles. The average Bonchev–Trinajstić information content (AvgIpc) is 3.38. The molecule has 1 fully saturated rings. The molecule has 0 heterocycles. The summed E-state index contributed by atoms with van der Waals surface area (Å²) in [5.74, 6) is -6.19. The van der Waals surface area contributed by atoms with E-state index in [1.54, 1.807) is 113 Å². The summed E-state index contributed by atoms with van der Waals surface area (Å²) >= 11 is 3.36. The Morgan fingerprint density at radius 2 is 1.22 bits per heavy atom. The van der Waals surface area contributed by atoms with Crippen LogP contribution in [0.1, 0.15) is 86.0 Å². The predicted molar refractivity (Wildman–Crippen MR) is 215 cm³/mol. The van der Waals surface area contributed by atoms with E-state index in [1.165, 1.54) is 32.1 Å². The van der Waals surface area contributed by atoms with Gasteiger partial charge in [0.05, 0.1) is 22.6 Å². The molecule has 0 saturated heterocycles. The van der Waals surface area contributed by atoms with Crippen LogP contribution in [0.3, 0.4) is 0 Å². The first-order chi connectivity index (χ1) is 27.3. The van der Waals surface area contributed by atoms with Gasteiger partial charge in [0.25, 0.3) is 0 Å². The van der Waals surface area contributed by atoms with E-state index >= 15 is 0 Å². The van der Waals surface area contributed by atoms with Gasteiger partial charge in [-0.05, 0) is 68.0 Å². The van der Waals surface area contributed by atoms with Gasteiger partial charge in [-0.25, -0.2) is 14.4 Å². The van der Waals surface area contributed by atoms with Crippen LogP contribution in [0.4, 0.5) is 0 Å². The number of aliphatic hydroxyl groups is 2. The molecule has 9 atom stereocenters. The van der Waals surface area contributed by atoms with Crippen LogP contribution in [0, 0.1) is 17.3 Å². The number of esters is 5. The monoisotopic (exact) mass is 860 g/mol. The molecule has 3 aromatic carbocycles. The molecule has 13 heteroatoms. The molecular weight excluding hydrogens is 812 g/mol. The lowest BCUT2D eigenvalue weighted by molar-refractivity contribution is -0.222. The second-order valence-electron chi connectivity index (χ2n) is 15.7. The minimum absolute atomic E-state index is 0.0815. The first kappa shape index (κ1) is 44.0. The minimum Gasteiger partial charge on any atom is -0.461 e. The van der Waals surface area contributed by atoms with Gasteiger partial charge in [0.1, 0.15) is 30.0 Å². The number of fused-ring (bicyclic) bond motifs is 1. The van der Waals surface area contributed by atoms with Crippen LogP contribution < -0.4 is 0 Å². The van der Waals surface area contributed by atoms with Gasteiger partial charge in [0.15, 0.2) is 11.7 Å². The highest BCUT2D eigenvalue weighted by Gasteiger charge is 2.70. The molecular formula is C45H49BrO12. The van der Waals surface area contributed by atoms with E-state index in [0.29, 0.717) is 10.0 Å². The molecule has 0 bridgehead atoms. The third kappa shape index (κ3) is 9.60. The molecule has 3 aromatic rings. The van der Waals surface area contributed by atoms with Crippen LogP contribution in [0.25, 0.3) is 0 Å². The maximum absolute atomic E-state index is 14.0. The van der Waals surface area contributed by atoms with E-state index < -0.39 is 88.8 Å². The van der Waals surface area contributed by atoms with Gasteiger partial charge in [-0.3, -0.25) is 9.59 Å². The number of hydrogen-bond donors (Lipinski definition) is 2. The van der Waals surface area contributed by atoms with Crippen molar-refractivity contribution in [1.29, 1.82) is 0 Å². The fourth-order valence-corrected chi connectivity index (χ4v) is 7.96. The second kappa shape index (κ2) is 17.8. The van der Waals surface area contributed by atoms with Crippen LogP contribution in [0.2, 0.25) is 0 Å². The summed E-state index contributed by atoms with van der Waals surface area (Å²) in [6.45, 7) is 10.4. The molecule has 2 aliphatic rings. The van der Waals surface area contributed by atoms with Crippen molar-refractivity contribution in [2.24, 2.45) is 17.3 Å². The van der Waals surface area contributed by atoms with E-state index in [-0.39, 0.29) is 23.1 Å². The van der Waals surface area contributed by atoms with Crippen molar-refractivity contribution in [3.05, 3.63) is 130 Å². The lowest BCUT2D eigenvalue weighted by atomic mass is 9.72. The SMILES string of the molecule is CC(=O)O[C@@H]1C[C@@H](OC(=O)c2ccccc2)/C(C)=C/[C@H]2[C@@H](OC(=O)c3ccccc3)[C@@H](C)[C@H](OC(=O)c3ccc(Br)cc3)[C@]2(OC(C)=O)[C@H](O)[C@](C)(O)/C=C/C1(C)C. The Balaban J connectivity index is 1.79. The number of halogens is 1. The first-order valence-electron chi connectivity index (χ1n) is 18.9. The van der Waals surface area contributed by atoms with E-state index in [9.17, 15) is 34.2 Å². The predicted octanol–water partition coefficient (Wildman–Crippen LogP) is 6.97. The molecule has 0 aliphatic heterocycles. The van der Waals surface area contributed by atoms with Crippen LogP contribution >= 0.6 is 15.9 Å². The molecule has 58 heavy (non-hydrogen) atoms. The lowest BCUT2D eigenvalue weighted by Crippen LogP contribution is -2.65. The molecule has 0 unspecified atom stereocenters. The topological polar surface area (TPSA) is 172 Å². The first-order valence-corrected chi connectivity index (χ1v) is 19.7. The van der Waals surface area contributed by atoms with Crippen molar-refractivity contribution in [3.8, 4) is 0 Å². The Labute approximate surface area is 346 Å². The lowest BCUT2D eigenvalue weighted by Gasteiger charge is -2.46. The number of carbonyl (C=O) groups excluding carboxylic acids is 5. The van der Waals surface area contributed by atoms with Crippen LogP contribution in [-0.2, 0) is 33.3 Å². The Morgan fingerprint density at radius 1 is 0.707 bits per heavy atom. The summed E-state index contributed by atoms with van der Waals surface area (Å²) in [6.07, 6.45) is -2.70. The molecule has 0 radical (unpaired) electrons. The van der Waals surface area contributed by atoms with E-state index in [1.807, 2.05) is 0 Å². The zero-order valence-electron chi connectivity index (χ0n) is 33.4. The second-order valence-corrected chi connectivity index (χ2v) is 16.6. The van der Waals surface area contributed by atoms with Gasteiger partial charge in [0, 0.05) is 36.1 Å². The van der Waals surface area contributed by atoms with Crippen LogP contribution in [0.15, 0.2) is 113 Å². The van der Waals surface area contributed by atoms with Crippen LogP contribution in [-0.4, -0.2) is 81.8 Å². The number of ether oxygens (including phenoxy) is 5. The van der Waals surface area contributed by atoms with E-state index in [2.05, 4.69) is 15.9 Å². The highest BCUT2D eigenvalue weighted by Crippen LogP contribution is 2.52. The summed E-state index contributed by atoms with van der Waals surface area (Å²) in [5, 5.41) is 24.9. The van der Waals surface area contributed by atoms with Gasteiger partial charge in [-0.2, -0.15) is 0 Å². The molecule has 2 aliphatic carbocycles. The van der Waals surface area contributed by atoms with Gasteiger partial charge < -0.3 is 33.9 Å². The summed E-state index contributed by atoms with van der Waals surface area (Å²) in [7, 11) is 0. The highest BCUT2D eigenvalue weighted by atomic mass is 79.9. The molecule has 0 spiro atoms. The molecule has 0 aromatic heterocycles. The fraction of sp³-hybridized carbons (Fsp3) is 0.400. The summed E-state index contributed by atoms with van der Waals surface area (Å²) < 4.78 is 31.3. The minimum atomic E-state index is -2.35. The molecule has 308 valence electrons. The fourth-order valence-electron chi connectivity index (χ4n) is 7.69. The Kier molecular flexibility index (Phi) is 13.5. The Hall–Kier alpha value is -5.11. The number of carbonyl (C=O) groups is 5. The van der Waals surface area contributed by atoms with Gasteiger partial charge in [0.2, 0.25) is 0 Å². The summed E-state index contributed by atoms with van der Waals surface area (Å²) in [5.41, 5.74) is -4.77. The summed E-state index contributed by atoms with van der Waals surface area (Å²) in [6, 6.07) is 22.7. The maximum Gasteiger partial charge on any atom is 0.338 e. The largest absolute Gasteiger partial charge is 0.461 e. The third-order valence-electron chi connectivity index (χ3n) is 10.8. The quantitative estimate of drug-likeness (QED) is 0.136. The van der Waals surface area contributed by atoms with Gasteiger partial charge >= 0.3 is 29.8 Å². The Morgan fingerprint density at radius 3 is 1.76 bits per heavy atom. The van der Waals surface area contributed by atoms with Crippen molar-refractivity contribution >= 4 is 45.8 Å². The molecule has 2 N–H and O–H groups in total.